The molecule has 1 aromatic carbocycles. The van der Waals surface area contributed by atoms with Crippen LogP contribution in [0.15, 0.2) is 30.3 Å². The van der Waals surface area contributed by atoms with Crippen LogP contribution in [0.25, 0.3) is 0 Å². The summed E-state index contributed by atoms with van der Waals surface area (Å²) in [7, 11) is 0. The van der Waals surface area contributed by atoms with Crippen LogP contribution in [0.2, 0.25) is 0 Å². The van der Waals surface area contributed by atoms with Crippen LogP contribution in [-0.4, -0.2) is 4.92 Å². The third-order valence-electron chi connectivity index (χ3n) is 1.07. The van der Waals surface area contributed by atoms with Crippen LogP contribution in [-0.2, 0) is 0 Å². The molecule has 3 heteroatoms. The summed E-state index contributed by atoms with van der Waals surface area (Å²) < 4.78 is 0. The normalized spacial score (nSPS) is 8.00. The zero-order chi connectivity index (χ0) is 8.10. The summed E-state index contributed by atoms with van der Waals surface area (Å²) in [6.07, 6.45) is 0. The Morgan fingerprint density at radius 2 is 1.91 bits per heavy atom. The van der Waals surface area contributed by atoms with Gasteiger partial charge in [-0.2, -0.15) is 0 Å². The average molecular weight is 147 g/mol. The van der Waals surface area contributed by atoms with Crippen LogP contribution < -0.4 is 0 Å². The van der Waals surface area contributed by atoms with Gasteiger partial charge in [-0.25, -0.2) is 10.1 Å². The van der Waals surface area contributed by atoms with Gasteiger partial charge in [-0.05, 0) is 12.1 Å². The minimum Gasteiger partial charge on any atom is -0.249 e. The van der Waals surface area contributed by atoms with Gasteiger partial charge in [0.15, 0.2) is 0 Å². The highest BCUT2D eigenvalue weighted by molar-refractivity contribution is 5.31. The van der Waals surface area contributed by atoms with E-state index in [1.165, 1.54) is 0 Å². The van der Waals surface area contributed by atoms with Crippen LogP contribution >= 0.6 is 0 Å². The second-order valence-corrected chi connectivity index (χ2v) is 1.86. The Hall–Kier alpha value is -1.82. The molecule has 0 aromatic heterocycles. The number of rotatable bonds is 0. The van der Waals surface area contributed by atoms with Crippen molar-refractivity contribution in [3.8, 4) is 12.0 Å². The maximum atomic E-state index is 9.80. The molecule has 0 amide bonds. The van der Waals surface area contributed by atoms with Gasteiger partial charge in [0, 0.05) is 11.5 Å². The summed E-state index contributed by atoms with van der Waals surface area (Å²) >= 11 is 0. The quantitative estimate of drug-likeness (QED) is 0.240. The SMILES string of the molecule is O=[N+]([O-])C#Cc1ccccc1. The fourth-order valence-electron chi connectivity index (χ4n) is 0.632. The lowest BCUT2D eigenvalue weighted by Crippen LogP contribution is -1.83. The van der Waals surface area contributed by atoms with E-state index in [2.05, 4.69) is 5.92 Å². The van der Waals surface area contributed by atoms with Crippen molar-refractivity contribution in [3.63, 3.8) is 0 Å². The third kappa shape index (κ3) is 2.50. The van der Waals surface area contributed by atoms with Crippen molar-refractivity contribution in [2.24, 2.45) is 0 Å². The van der Waals surface area contributed by atoms with Crippen LogP contribution in [0.3, 0.4) is 0 Å². The predicted octanol–water partition coefficient (Wildman–Crippen LogP) is 1.27. The Morgan fingerprint density at radius 3 is 2.45 bits per heavy atom. The van der Waals surface area contributed by atoms with Gasteiger partial charge in [0.05, 0.1) is 0 Å². The fourth-order valence-corrected chi connectivity index (χ4v) is 0.632. The number of nitro groups is 1. The zero-order valence-electron chi connectivity index (χ0n) is 5.65. The zero-order valence-corrected chi connectivity index (χ0v) is 5.65. The topological polar surface area (TPSA) is 43.1 Å². The lowest BCUT2D eigenvalue weighted by atomic mass is 10.2. The smallest absolute Gasteiger partial charge is 0.249 e. The molecule has 0 atom stereocenters. The molecule has 0 aliphatic carbocycles. The van der Waals surface area contributed by atoms with E-state index in [1.807, 2.05) is 12.1 Å². The van der Waals surface area contributed by atoms with Crippen molar-refractivity contribution in [2.45, 2.75) is 0 Å². The largest absolute Gasteiger partial charge is 0.295 e. The molecular weight excluding hydrogens is 142 g/mol. The third-order valence-corrected chi connectivity index (χ3v) is 1.07. The first-order chi connectivity index (χ1) is 5.29. The summed E-state index contributed by atoms with van der Waals surface area (Å²) in [5.41, 5.74) is 0.657. The monoisotopic (exact) mass is 147 g/mol. The van der Waals surface area contributed by atoms with E-state index in [9.17, 15) is 10.1 Å². The van der Waals surface area contributed by atoms with E-state index < -0.39 is 4.92 Å². The molecule has 0 aliphatic heterocycles. The first kappa shape index (κ1) is 7.29. The second-order valence-electron chi connectivity index (χ2n) is 1.86. The molecule has 0 spiro atoms. The number of nitrogens with zero attached hydrogens (tertiary/aromatic N) is 1. The molecule has 0 saturated carbocycles. The summed E-state index contributed by atoms with van der Waals surface area (Å²) in [6.45, 7) is 0. The van der Waals surface area contributed by atoms with Crippen molar-refractivity contribution in [3.05, 3.63) is 46.0 Å². The number of benzene rings is 1. The molecule has 0 radical (unpaired) electrons. The van der Waals surface area contributed by atoms with Gasteiger partial charge in [0.1, 0.15) is 4.92 Å². The standard InChI is InChI=1S/C8H5NO2/c10-9(11)7-6-8-4-2-1-3-5-8/h1-5H. The predicted molar refractivity (Wildman–Crippen MR) is 40.3 cm³/mol. The Morgan fingerprint density at radius 1 is 1.27 bits per heavy atom. The van der Waals surface area contributed by atoms with E-state index in [-0.39, 0.29) is 0 Å². The van der Waals surface area contributed by atoms with Gasteiger partial charge in [-0.15, -0.1) is 0 Å². The van der Waals surface area contributed by atoms with Gasteiger partial charge in [-0.1, -0.05) is 18.2 Å². The maximum Gasteiger partial charge on any atom is 0.295 e. The van der Waals surface area contributed by atoms with Crippen molar-refractivity contribution in [1.82, 2.24) is 0 Å². The van der Waals surface area contributed by atoms with E-state index >= 15 is 0 Å². The summed E-state index contributed by atoms with van der Waals surface area (Å²) in [4.78, 5) is 9.14. The van der Waals surface area contributed by atoms with Crippen molar-refractivity contribution in [1.29, 1.82) is 0 Å². The molecule has 0 unspecified atom stereocenters. The molecule has 3 nitrogen and oxygen atoms in total. The molecule has 54 valence electrons. The molecular formula is C8H5NO2. The summed E-state index contributed by atoms with van der Waals surface area (Å²) in [5, 5.41) is 9.80. The van der Waals surface area contributed by atoms with Gasteiger partial charge < -0.3 is 0 Å². The molecule has 0 fully saturated rings. The minimum absolute atomic E-state index is 0.657. The molecule has 0 heterocycles. The molecule has 0 saturated heterocycles. The maximum absolute atomic E-state index is 9.80. The highest BCUT2D eigenvalue weighted by Gasteiger charge is 1.85. The molecule has 0 aliphatic rings. The lowest BCUT2D eigenvalue weighted by molar-refractivity contribution is -0.379. The van der Waals surface area contributed by atoms with E-state index in [4.69, 9.17) is 0 Å². The van der Waals surface area contributed by atoms with E-state index in [0.29, 0.717) is 5.56 Å². The van der Waals surface area contributed by atoms with Gasteiger partial charge in [-0.3, -0.25) is 0 Å². The Labute approximate surface area is 63.8 Å². The number of hydrogen-bond donors (Lipinski definition) is 0. The molecule has 1 rings (SSSR count). The minimum atomic E-state index is -0.660. The summed E-state index contributed by atoms with van der Waals surface area (Å²) in [5.74, 6) is 2.40. The van der Waals surface area contributed by atoms with E-state index in [1.54, 1.807) is 24.3 Å². The van der Waals surface area contributed by atoms with Crippen molar-refractivity contribution >= 4 is 0 Å². The molecule has 0 N–H and O–H groups in total. The lowest BCUT2D eigenvalue weighted by Gasteiger charge is -1.82. The highest BCUT2D eigenvalue weighted by Crippen LogP contribution is 1.94. The van der Waals surface area contributed by atoms with Crippen LogP contribution in [0.5, 0.6) is 0 Å². The van der Waals surface area contributed by atoms with Gasteiger partial charge in [0.25, 0.3) is 6.04 Å². The molecule has 11 heavy (non-hydrogen) atoms. The Balaban J connectivity index is 2.83. The second kappa shape index (κ2) is 3.37. The highest BCUT2D eigenvalue weighted by atomic mass is 16.6. The fraction of sp³-hybridized carbons (Fsp3) is 0. The van der Waals surface area contributed by atoms with Crippen molar-refractivity contribution in [2.75, 3.05) is 0 Å². The first-order valence-electron chi connectivity index (χ1n) is 3.00. The number of hydrogen-bond acceptors (Lipinski definition) is 2. The van der Waals surface area contributed by atoms with Gasteiger partial charge in [0.2, 0.25) is 0 Å². The Kier molecular flexibility index (Phi) is 2.24. The van der Waals surface area contributed by atoms with E-state index in [0.717, 1.165) is 0 Å². The van der Waals surface area contributed by atoms with Gasteiger partial charge >= 0.3 is 0 Å². The molecule has 1 aromatic rings. The average Bonchev–Trinajstić information content (AvgIpc) is 2.03. The first-order valence-corrected chi connectivity index (χ1v) is 3.00. The Bertz CT molecular complexity index is 308. The van der Waals surface area contributed by atoms with Crippen molar-refractivity contribution < 1.29 is 4.92 Å². The molecule has 0 bridgehead atoms. The summed E-state index contributed by atoms with van der Waals surface area (Å²) in [6, 6.07) is 10.7. The van der Waals surface area contributed by atoms with Crippen LogP contribution in [0, 0.1) is 22.1 Å². The van der Waals surface area contributed by atoms with Crippen LogP contribution in [0.1, 0.15) is 5.56 Å². The van der Waals surface area contributed by atoms with Crippen LogP contribution in [0.4, 0.5) is 0 Å².